The third kappa shape index (κ3) is 3.87. The molecule has 6 nitrogen and oxygen atoms in total. The highest BCUT2D eigenvalue weighted by Gasteiger charge is 2.38. The number of hydrogen-bond acceptors (Lipinski definition) is 2. The minimum absolute atomic E-state index is 0.0480. The van der Waals surface area contributed by atoms with E-state index < -0.39 is 11.9 Å². The minimum Gasteiger partial charge on any atom is -0.465 e. The normalized spacial score (nSPS) is 16.7. The molecule has 8 heteroatoms. The van der Waals surface area contributed by atoms with Crippen LogP contribution in [0.5, 0.6) is 0 Å². The zero-order valence-electron chi connectivity index (χ0n) is 15.7. The predicted molar refractivity (Wildman–Crippen MR) is 103 cm³/mol. The molecule has 0 atom stereocenters. The molecule has 2 aromatic rings. The Bertz CT molecular complexity index is 995. The van der Waals surface area contributed by atoms with Gasteiger partial charge in [0.25, 0.3) is 5.91 Å². The minimum atomic E-state index is -1.25. The zero-order chi connectivity index (χ0) is 20.5. The lowest BCUT2D eigenvalue weighted by atomic mass is 9.98. The van der Waals surface area contributed by atoms with Crippen LogP contribution < -0.4 is 5.32 Å². The highest BCUT2D eigenvalue weighted by molar-refractivity contribution is 5.99. The van der Waals surface area contributed by atoms with Gasteiger partial charge >= 0.3 is 6.09 Å². The van der Waals surface area contributed by atoms with Crippen molar-refractivity contribution in [2.24, 2.45) is 0 Å². The van der Waals surface area contributed by atoms with E-state index in [2.05, 4.69) is 5.32 Å². The highest BCUT2D eigenvalue weighted by Crippen LogP contribution is 2.37. The molecule has 4 rings (SSSR count). The molecule has 1 aliphatic carbocycles. The van der Waals surface area contributed by atoms with Gasteiger partial charge in [-0.15, -0.1) is 0 Å². The Hall–Kier alpha value is -3.16. The molecule has 2 heterocycles. The molecule has 2 amide bonds. The Labute approximate surface area is 166 Å². The summed E-state index contributed by atoms with van der Waals surface area (Å²) >= 11 is 0. The molecule has 1 aliphatic heterocycles. The van der Waals surface area contributed by atoms with Gasteiger partial charge in [-0.05, 0) is 42.5 Å². The quantitative estimate of drug-likeness (QED) is 0.777. The van der Waals surface area contributed by atoms with E-state index >= 15 is 0 Å². The lowest BCUT2D eigenvalue weighted by Gasteiger charge is -2.27. The number of aromatic nitrogens is 1. The second kappa shape index (κ2) is 7.69. The highest BCUT2D eigenvalue weighted by atomic mass is 19.1. The summed E-state index contributed by atoms with van der Waals surface area (Å²) in [5.74, 6) is -0.459. The van der Waals surface area contributed by atoms with Gasteiger partial charge in [0.2, 0.25) is 0 Å². The van der Waals surface area contributed by atoms with Crippen LogP contribution in [-0.2, 0) is 13.0 Å². The average Bonchev–Trinajstić information content (AvgIpc) is 3.46. The second-order valence-electron chi connectivity index (χ2n) is 7.41. The van der Waals surface area contributed by atoms with Crippen molar-refractivity contribution in [2.75, 3.05) is 13.1 Å². The zero-order valence-corrected chi connectivity index (χ0v) is 15.7. The van der Waals surface area contributed by atoms with Gasteiger partial charge in [0, 0.05) is 37.4 Å². The summed E-state index contributed by atoms with van der Waals surface area (Å²) in [7, 11) is 0. The van der Waals surface area contributed by atoms with Crippen molar-refractivity contribution < 1.29 is 23.5 Å². The Morgan fingerprint density at radius 2 is 2.14 bits per heavy atom. The Morgan fingerprint density at radius 3 is 2.79 bits per heavy atom. The number of benzene rings is 1. The van der Waals surface area contributed by atoms with Crippen LogP contribution in [0.3, 0.4) is 0 Å². The van der Waals surface area contributed by atoms with E-state index in [1.807, 2.05) is 4.90 Å². The molecule has 0 spiro atoms. The average molecular weight is 401 g/mol. The number of carbonyl (C=O) groups excluding carboxylic acids is 1. The van der Waals surface area contributed by atoms with E-state index in [0.717, 1.165) is 18.4 Å². The van der Waals surface area contributed by atoms with E-state index in [-0.39, 0.29) is 30.6 Å². The van der Waals surface area contributed by atoms with Gasteiger partial charge in [-0.2, -0.15) is 0 Å². The van der Waals surface area contributed by atoms with Gasteiger partial charge in [0.1, 0.15) is 5.82 Å². The van der Waals surface area contributed by atoms with E-state index in [1.165, 1.54) is 12.1 Å². The lowest BCUT2D eigenvalue weighted by Crippen LogP contribution is -2.38. The van der Waals surface area contributed by atoms with Crippen LogP contribution >= 0.6 is 0 Å². The number of amides is 2. The first kappa shape index (κ1) is 19.2. The van der Waals surface area contributed by atoms with Crippen molar-refractivity contribution in [1.29, 1.82) is 0 Å². The summed E-state index contributed by atoms with van der Waals surface area (Å²) < 4.78 is 29.0. The molecule has 2 N–H and O–H groups in total. The molecule has 1 saturated carbocycles. The molecule has 2 aliphatic rings. The molecule has 0 bridgehead atoms. The summed E-state index contributed by atoms with van der Waals surface area (Å²) in [6.07, 6.45) is 3.44. The summed E-state index contributed by atoms with van der Waals surface area (Å²) in [6.45, 7) is 0.473. The van der Waals surface area contributed by atoms with Crippen LogP contribution in [0.15, 0.2) is 42.4 Å². The number of halogens is 2. The third-order valence-electron chi connectivity index (χ3n) is 5.36. The van der Waals surface area contributed by atoms with Crippen molar-refractivity contribution >= 4 is 12.0 Å². The standard InChI is InChI=1S/C21H21F2N3O3/c22-9-13(10-24-21(28)29)11-25-12-18-17(6-7-26(20(18)27)16-4-5-16)19(25)14-2-1-3-15(23)8-14/h1-3,8-9,12,16,24H,4-7,10-11H2,(H,28,29). The molecule has 29 heavy (non-hydrogen) atoms. The van der Waals surface area contributed by atoms with Crippen molar-refractivity contribution in [1.82, 2.24) is 14.8 Å². The number of hydrogen-bond donors (Lipinski definition) is 2. The SMILES string of the molecule is O=C(O)NCC(=CF)Cn1cc2c(c1-c1cccc(F)c1)CCN(C1CC1)C2=O. The smallest absolute Gasteiger partial charge is 0.404 e. The fourth-order valence-corrected chi connectivity index (χ4v) is 3.90. The summed E-state index contributed by atoms with van der Waals surface area (Å²) in [5, 5.41) is 10.9. The van der Waals surface area contributed by atoms with E-state index in [1.54, 1.807) is 22.9 Å². The molecule has 0 saturated heterocycles. The van der Waals surface area contributed by atoms with Crippen LogP contribution in [0.4, 0.5) is 13.6 Å². The van der Waals surface area contributed by atoms with E-state index in [0.29, 0.717) is 36.1 Å². The molecule has 152 valence electrons. The van der Waals surface area contributed by atoms with Gasteiger partial charge in [-0.3, -0.25) is 4.79 Å². The maximum Gasteiger partial charge on any atom is 0.404 e. The van der Waals surface area contributed by atoms with Crippen LogP contribution in [0.1, 0.15) is 28.8 Å². The van der Waals surface area contributed by atoms with Gasteiger partial charge in [0.05, 0.1) is 17.6 Å². The van der Waals surface area contributed by atoms with Gasteiger partial charge in [-0.1, -0.05) is 12.1 Å². The first-order chi connectivity index (χ1) is 14.0. The van der Waals surface area contributed by atoms with Crippen LogP contribution in [0, 0.1) is 5.82 Å². The second-order valence-corrected chi connectivity index (χ2v) is 7.41. The molecular weight excluding hydrogens is 380 g/mol. The van der Waals surface area contributed by atoms with E-state index in [9.17, 15) is 18.4 Å². The molecule has 0 radical (unpaired) electrons. The third-order valence-corrected chi connectivity index (χ3v) is 5.36. The number of fused-ring (bicyclic) bond motifs is 1. The van der Waals surface area contributed by atoms with Crippen molar-refractivity contribution in [3.05, 3.63) is 59.3 Å². The first-order valence-electron chi connectivity index (χ1n) is 9.51. The fraction of sp³-hybridized carbons (Fsp3) is 0.333. The Morgan fingerprint density at radius 1 is 1.34 bits per heavy atom. The molecular formula is C21H21F2N3O3. The molecule has 1 fully saturated rings. The monoisotopic (exact) mass is 401 g/mol. The fourth-order valence-electron chi connectivity index (χ4n) is 3.90. The van der Waals surface area contributed by atoms with Crippen molar-refractivity contribution in [2.45, 2.75) is 31.8 Å². The topological polar surface area (TPSA) is 74.6 Å². The maximum atomic E-state index is 13.9. The van der Waals surface area contributed by atoms with E-state index in [4.69, 9.17) is 5.11 Å². The summed E-state index contributed by atoms with van der Waals surface area (Å²) in [5.41, 5.74) is 2.83. The van der Waals surface area contributed by atoms with Crippen LogP contribution in [-0.4, -0.2) is 45.7 Å². The van der Waals surface area contributed by atoms with Crippen molar-refractivity contribution in [3.8, 4) is 11.3 Å². The summed E-state index contributed by atoms with van der Waals surface area (Å²) in [6, 6.07) is 6.36. The Kier molecular flexibility index (Phi) is 5.08. The summed E-state index contributed by atoms with van der Waals surface area (Å²) in [4.78, 5) is 25.6. The van der Waals surface area contributed by atoms with Crippen LogP contribution in [0.2, 0.25) is 0 Å². The molecule has 1 aromatic heterocycles. The number of carboxylic acid groups (broad SMARTS) is 1. The first-order valence-corrected chi connectivity index (χ1v) is 9.51. The largest absolute Gasteiger partial charge is 0.465 e. The maximum absolute atomic E-state index is 13.9. The van der Waals surface area contributed by atoms with Crippen LogP contribution in [0.25, 0.3) is 11.3 Å². The Balaban J connectivity index is 1.74. The lowest BCUT2D eigenvalue weighted by molar-refractivity contribution is 0.0727. The number of nitrogens with one attached hydrogen (secondary N) is 1. The molecule has 0 unspecified atom stereocenters. The van der Waals surface area contributed by atoms with Gasteiger partial charge in [-0.25, -0.2) is 13.6 Å². The number of rotatable bonds is 6. The number of nitrogens with zero attached hydrogens (tertiary/aromatic N) is 2. The predicted octanol–water partition coefficient (Wildman–Crippen LogP) is 3.58. The number of carbonyl (C=O) groups is 2. The van der Waals surface area contributed by atoms with Gasteiger partial charge in [0.15, 0.2) is 0 Å². The van der Waals surface area contributed by atoms with Gasteiger partial charge < -0.3 is 19.9 Å². The molecule has 1 aromatic carbocycles. The van der Waals surface area contributed by atoms with Crippen molar-refractivity contribution in [3.63, 3.8) is 0 Å².